The number of nitrogens with zero attached hydrogens (tertiary/aromatic N) is 1. The molecule has 1 rings (SSSR count). The quantitative estimate of drug-likeness (QED) is 0.221. The van der Waals surface area contributed by atoms with Crippen molar-refractivity contribution in [3.8, 4) is 0 Å². The number of carbonyl (C=O) groups is 3. The number of benzene rings is 1. The molecule has 2 atom stereocenters. The molecule has 0 bridgehead atoms. The minimum atomic E-state index is -0.928. The fourth-order valence-corrected chi connectivity index (χ4v) is 4.19. The van der Waals surface area contributed by atoms with E-state index in [0.29, 0.717) is 6.54 Å². The lowest BCUT2D eigenvalue weighted by molar-refractivity contribution is -0.142. The summed E-state index contributed by atoms with van der Waals surface area (Å²) < 4.78 is 5.36. The Bertz CT molecular complexity index is 838. The molecule has 1 aromatic carbocycles. The summed E-state index contributed by atoms with van der Waals surface area (Å²) in [5.41, 5.74) is 1.04. The van der Waals surface area contributed by atoms with Crippen LogP contribution in [0.15, 0.2) is 24.3 Å². The number of alkyl carbamates (subject to hydrolysis) is 1. The van der Waals surface area contributed by atoms with Crippen molar-refractivity contribution in [1.29, 1.82) is 0 Å². The number of ether oxygens (including phenoxy) is 1. The molecule has 0 heterocycles. The molecule has 7 nitrogen and oxygen atoms in total. The van der Waals surface area contributed by atoms with Gasteiger partial charge in [-0.1, -0.05) is 68.9 Å². The molecule has 1 aromatic rings. The van der Waals surface area contributed by atoms with Gasteiger partial charge in [0, 0.05) is 18.3 Å². The van der Waals surface area contributed by atoms with Crippen molar-refractivity contribution in [2.75, 3.05) is 12.3 Å². The molecule has 2 N–H and O–H groups in total. The van der Waals surface area contributed by atoms with Crippen LogP contribution in [-0.2, 0) is 14.3 Å². The molecule has 0 saturated carbocycles. The third kappa shape index (κ3) is 11.7. The highest BCUT2D eigenvalue weighted by molar-refractivity contribution is 7.80. The second-order valence-electron chi connectivity index (χ2n) is 10.7. The van der Waals surface area contributed by atoms with Gasteiger partial charge in [-0.25, -0.2) is 4.79 Å². The summed E-state index contributed by atoms with van der Waals surface area (Å²) in [4.78, 5) is 41.4. The highest BCUT2D eigenvalue weighted by Gasteiger charge is 2.35. The normalized spacial score (nSPS) is 13.1. The molecule has 0 fully saturated rings. The minimum absolute atomic E-state index is 0.0808. The smallest absolute Gasteiger partial charge is 0.408 e. The van der Waals surface area contributed by atoms with Gasteiger partial charge in [0.2, 0.25) is 11.8 Å². The molecule has 204 valence electrons. The highest BCUT2D eigenvalue weighted by atomic mass is 32.1. The van der Waals surface area contributed by atoms with Crippen LogP contribution in [-0.4, -0.2) is 52.8 Å². The van der Waals surface area contributed by atoms with Crippen LogP contribution in [0.25, 0.3) is 0 Å². The second kappa shape index (κ2) is 15.8. The summed E-state index contributed by atoms with van der Waals surface area (Å²) >= 11 is 4.34. The molecule has 0 spiro atoms. The third-order valence-electron chi connectivity index (χ3n) is 5.56. The van der Waals surface area contributed by atoms with Crippen molar-refractivity contribution >= 4 is 30.5 Å². The van der Waals surface area contributed by atoms with Gasteiger partial charge in [0.1, 0.15) is 17.7 Å². The lowest BCUT2D eigenvalue weighted by Crippen LogP contribution is -2.54. The summed E-state index contributed by atoms with van der Waals surface area (Å²) in [7, 11) is 0. The van der Waals surface area contributed by atoms with E-state index in [2.05, 4.69) is 30.2 Å². The maximum Gasteiger partial charge on any atom is 0.408 e. The number of carbonyl (C=O) groups excluding carboxylic acids is 3. The third-order valence-corrected chi connectivity index (χ3v) is 5.92. The fourth-order valence-electron chi connectivity index (χ4n) is 3.94. The number of thiol groups is 1. The van der Waals surface area contributed by atoms with Gasteiger partial charge < -0.3 is 20.3 Å². The average Bonchev–Trinajstić information content (AvgIpc) is 2.76. The van der Waals surface area contributed by atoms with Crippen molar-refractivity contribution in [1.82, 2.24) is 15.5 Å². The maximum atomic E-state index is 13.9. The highest BCUT2D eigenvalue weighted by Crippen LogP contribution is 2.25. The predicted molar refractivity (Wildman–Crippen MR) is 149 cm³/mol. The zero-order valence-electron chi connectivity index (χ0n) is 23.2. The summed E-state index contributed by atoms with van der Waals surface area (Å²) in [6.07, 6.45) is 5.61. The zero-order valence-corrected chi connectivity index (χ0v) is 24.1. The standard InChI is InChI=1S/C28H47N3O4S/c1-8-9-10-11-12-13-17-31(26(33)23(19-36)30-27(34)35-28(5,6)7)24(25(32)29-20(2)3)22-16-14-15-21(4)18-22/h14-16,18,20,23-24,36H,8-13,17,19H2,1-7H3,(H,29,32)(H,30,34). The molecule has 0 aliphatic rings. The van der Waals surface area contributed by atoms with Gasteiger partial charge >= 0.3 is 6.09 Å². The van der Waals surface area contributed by atoms with Crippen LogP contribution >= 0.6 is 12.6 Å². The van der Waals surface area contributed by atoms with Crippen molar-refractivity contribution in [3.63, 3.8) is 0 Å². The van der Waals surface area contributed by atoms with Crippen LogP contribution in [0.4, 0.5) is 4.79 Å². The number of nitrogens with one attached hydrogen (secondary N) is 2. The molecule has 0 saturated heterocycles. The van der Waals surface area contributed by atoms with Crippen LogP contribution in [0.5, 0.6) is 0 Å². The van der Waals surface area contributed by atoms with E-state index in [1.165, 1.54) is 6.42 Å². The monoisotopic (exact) mass is 521 g/mol. The molecular formula is C28H47N3O4S. The minimum Gasteiger partial charge on any atom is -0.444 e. The van der Waals surface area contributed by atoms with Gasteiger partial charge in [-0.3, -0.25) is 9.59 Å². The topological polar surface area (TPSA) is 87.7 Å². The van der Waals surface area contributed by atoms with Crippen LogP contribution in [0.1, 0.15) is 97.2 Å². The van der Waals surface area contributed by atoms with E-state index in [-0.39, 0.29) is 23.6 Å². The lowest BCUT2D eigenvalue weighted by atomic mass is 10.00. The first-order valence-corrected chi connectivity index (χ1v) is 13.8. The Morgan fingerprint density at radius 2 is 1.67 bits per heavy atom. The van der Waals surface area contributed by atoms with E-state index in [4.69, 9.17) is 4.74 Å². The van der Waals surface area contributed by atoms with Gasteiger partial charge in [-0.05, 0) is 53.5 Å². The summed E-state index contributed by atoms with van der Waals surface area (Å²) in [6, 6.07) is 5.82. The average molecular weight is 522 g/mol. The number of hydrogen-bond acceptors (Lipinski definition) is 5. The van der Waals surface area contributed by atoms with E-state index in [1.54, 1.807) is 25.7 Å². The van der Waals surface area contributed by atoms with Gasteiger partial charge in [0.15, 0.2) is 0 Å². The Hall–Kier alpha value is -2.22. The fraction of sp³-hybridized carbons (Fsp3) is 0.679. The van der Waals surface area contributed by atoms with Crippen LogP contribution in [0.3, 0.4) is 0 Å². The first kappa shape index (κ1) is 31.8. The molecule has 0 aliphatic heterocycles. The molecule has 0 aliphatic carbocycles. The summed E-state index contributed by atoms with van der Waals surface area (Å²) in [6.45, 7) is 13.6. The first-order valence-electron chi connectivity index (χ1n) is 13.2. The number of amides is 3. The lowest BCUT2D eigenvalue weighted by Gasteiger charge is -2.34. The largest absolute Gasteiger partial charge is 0.444 e. The van der Waals surface area contributed by atoms with Gasteiger partial charge in [0.25, 0.3) is 0 Å². The molecule has 2 unspecified atom stereocenters. The maximum absolute atomic E-state index is 13.9. The Kier molecular flexibility index (Phi) is 14.0. The van der Waals surface area contributed by atoms with Crippen molar-refractivity contribution in [2.24, 2.45) is 0 Å². The molecular weight excluding hydrogens is 474 g/mol. The van der Waals surface area contributed by atoms with E-state index < -0.39 is 23.8 Å². The summed E-state index contributed by atoms with van der Waals surface area (Å²) in [5, 5.41) is 5.64. The van der Waals surface area contributed by atoms with E-state index in [1.807, 2.05) is 45.0 Å². The van der Waals surface area contributed by atoms with Crippen LogP contribution < -0.4 is 10.6 Å². The number of aryl methyl sites for hydroxylation is 1. The number of unbranched alkanes of at least 4 members (excludes halogenated alkanes) is 5. The Morgan fingerprint density at radius 3 is 2.22 bits per heavy atom. The van der Waals surface area contributed by atoms with Gasteiger partial charge in [0.05, 0.1) is 0 Å². The molecule has 36 heavy (non-hydrogen) atoms. The second-order valence-corrected chi connectivity index (χ2v) is 11.0. The van der Waals surface area contributed by atoms with E-state index in [0.717, 1.165) is 43.2 Å². The number of hydrogen-bond donors (Lipinski definition) is 3. The van der Waals surface area contributed by atoms with Crippen LogP contribution in [0, 0.1) is 6.92 Å². The van der Waals surface area contributed by atoms with Crippen molar-refractivity contribution < 1.29 is 19.1 Å². The summed E-state index contributed by atoms with van der Waals surface area (Å²) in [5.74, 6) is -0.517. The van der Waals surface area contributed by atoms with E-state index >= 15 is 0 Å². The Balaban J connectivity index is 3.30. The van der Waals surface area contributed by atoms with Crippen molar-refractivity contribution in [3.05, 3.63) is 35.4 Å². The Labute approximate surface area is 223 Å². The SMILES string of the molecule is CCCCCCCCN(C(=O)C(CS)NC(=O)OC(C)(C)C)C(C(=O)NC(C)C)c1cccc(C)c1. The Morgan fingerprint density at radius 1 is 1.03 bits per heavy atom. The first-order chi connectivity index (χ1) is 16.9. The zero-order chi connectivity index (χ0) is 27.3. The van der Waals surface area contributed by atoms with Gasteiger partial charge in [-0.15, -0.1) is 0 Å². The molecule has 0 aromatic heterocycles. The van der Waals surface area contributed by atoms with Crippen molar-refractivity contribution in [2.45, 2.75) is 111 Å². The molecule has 3 amide bonds. The van der Waals surface area contributed by atoms with Gasteiger partial charge in [-0.2, -0.15) is 12.6 Å². The molecule has 0 radical (unpaired) electrons. The van der Waals surface area contributed by atoms with Crippen LogP contribution in [0.2, 0.25) is 0 Å². The van der Waals surface area contributed by atoms with E-state index in [9.17, 15) is 14.4 Å². The predicted octanol–water partition coefficient (Wildman–Crippen LogP) is 5.57. The number of rotatable bonds is 14. The molecule has 8 heteroatoms.